The van der Waals surface area contributed by atoms with Crippen molar-refractivity contribution in [1.82, 2.24) is 0 Å². The molecule has 1 aromatic rings. The van der Waals surface area contributed by atoms with Crippen molar-refractivity contribution < 1.29 is 14.0 Å². The molecule has 0 aromatic heterocycles. The summed E-state index contributed by atoms with van der Waals surface area (Å²) in [6.07, 6.45) is 0.453. The number of benzene rings is 1. The molecule has 0 aliphatic heterocycles. The van der Waals surface area contributed by atoms with E-state index in [2.05, 4.69) is 0 Å². The standard InChI is InChI=1S/C10H9FO2/c1-6-3-8(7(2)13)4-10(11)9(6)5-12/h3-5H,1-2H3. The first-order chi connectivity index (χ1) is 6.06. The lowest BCUT2D eigenvalue weighted by Gasteiger charge is -2.02. The molecule has 3 heteroatoms. The Morgan fingerprint density at radius 1 is 1.46 bits per heavy atom. The van der Waals surface area contributed by atoms with Crippen LogP contribution < -0.4 is 0 Å². The molecule has 0 unspecified atom stereocenters. The van der Waals surface area contributed by atoms with E-state index in [1.54, 1.807) is 6.92 Å². The Kier molecular flexibility index (Phi) is 2.56. The van der Waals surface area contributed by atoms with E-state index in [1.165, 1.54) is 13.0 Å². The molecule has 2 nitrogen and oxygen atoms in total. The van der Waals surface area contributed by atoms with Crippen molar-refractivity contribution in [3.63, 3.8) is 0 Å². The van der Waals surface area contributed by atoms with Crippen LogP contribution >= 0.6 is 0 Å². The normalized spacial score (nSPS) is 9.77. The maximum atomic E-state index is 13.1. The third kappa shape index (κ3) is 1.80. The molecule has 0 spiro atoms. The zero-order chi connectivity index (χ0) is 10.0. The van der Waals surface area contributed by atoms with Crippen LogP contribution in [0.3, 0.4) is 0 Å². The molecular weight excluding hydrogens is 171 g/mol. The first kappa shape index (κ1) is 9.58. The fraction of sp³-hybridized carbons (Fsp3) is 0.200. The van der Waals surface area contributed by atoms with Gasteiger partial charge in [0.1, 0.15) is 5.82 Å². The van der Waals surface area contributed by atoms with E-state index in [1.807, 2.05) is 0 Å². The number of hydrogen-bond donors (Lipinski definition) is 0. The second kappa shape index (κ2) is 3.47. The van der Waals surface area contributed by atoms with Crippen molar-refractivity contribution in [2.24, 2.45) is 0 Å². The van der Waals surface area contributed by atoms with Crippen molar-refractivity contribution >= 4 is 12.1 Å². The molecule has 1 aromatic carbocycles. The average molecular weight is 180 g/mol. The molecule has 0 saturated heterocycles. The predicted molar refractivity (Wildman–Crippen MR) is 46.5 cm³/mol. The molecular formula is C10H9FO2. The van der Waals surface area contributed by atoms with Crippen LogP contribution in [0.4, 0.5) is 4.39 Å². The summed E-state index contributed by atoms with van der Waals surface area (Å²) in [4.78, 5) is 21.3. The third-order valence-corrected chi connectivity index (χ3v) is 1.86. The number of ketones is 1. The van der Waals surface area contributed by atoms with Gasteiger partial charge in [0, 0.05) is 5.56 Å². The molecule has 0 radical (unpaired) electrons. The summed E-state index contributed by atoms with van der Waals surface area (Å²) < 4.78 is 13.1. The summed E-state index contributed by atoms with van der Waals surface area (Å²) in [5.74, 6) is -0.848. The molecule has 0 aliphatic carbocycles. The average Bonchev–Trinajstić information content (AvgIpc) is 2.03. The van der Waals surface area contributed by atoms with Crippen LogP contribution in [0.1, 0.15) is 33.2 Å². The van der Waals surface area contributed by atoms with Gasteiger partial charge in [0.15, 0.2) is 12.1 Å². The number of halogens is 1. The van der Waals surface area contributed by atoms with Gasteiger partial charge in [-0.25, -0.2) is 4.39 Å². The lowest BCUT2D eigenvalue weighted by Crippen LogP contribution is -1.99. The molecule has 68 valence electrons. The highest BCUT2D eigenvalue weighted by Gasteiger charge is 2.09. The van der Waals surface area contributed by atoms with Crippen LogP contribution in [0.25, 0.3) is 0 Å². The van der Waals surface area contributed by atoms with Crippen molar-refractivity contribution in [2.75, 3.05) is 0 Å². The Morgan fingerprint density at radius 3 is 2.46 bits per heavy atom. The highest BCUT2D eigenvalue weighted by atomic mass is 19.1. The molecule has 0 amide bonds. The van der Waals surface area contributed by atoms with Gasteiger partial charge in [0.2, 0.25) is 0 Å². The summed E-state index contributed by atoms with van der Waals surface area (Å²) >= 11 is 0. The molecule has 0 saturated carbocycles. The second-order valence-electron chi connectivity index (χ2n) is 2.86. The minimum absolute atomic E-state index is 0.0185. The smallest absolute Gasteiger partial charge is 0.159 e. The molecule has 0 fully saturated rings. The van der Waals surface area contributed by atoms with E-state index in [0.29, 0.717) is 17.4 Å². The molecule has 0 atom stereocenters. The van der Waals surface area contributed by atoms with Gasteiger partial charge in [-0.15, -0.1) is 0 Å². The van der Waals surface area contributed by atoms with Crippen LogP contribution in [0.15, 0.2) is 12.1 Å². The first-order valence-corrected chi connectivity index (χ1v) is 3.82. The molecule has 0 aliphatic rings. The predicted octanol–water partition coefficient (Wildman–Crippen LogP) is 2.15. The van der Waals surface area contributed by atoms with E-state index >= 15 is 0 Å². The van der Waals surface area contributed by atoms with Gasteiger partial charge in [-0.2, -0.15) is 0 Å². The first-order valence-electron chi connectivity index (χ1n) is 3.82. The lowest BCUT2D eigenvalue weighted by molar-refractivity contribution is 0.101. The zero-order valence-electron chi connectivity index (χ0n) is 7.43. The van der Waals surface area contributed by atoms with E-state index < -0.39 is 5.82 Å². The topological polar surface area (TPSA) is 34.1 Å². The number of rotatable bonds is 2. The number of carbonyl (C=O) groups is 2. The minimum Gasteiger partial charge on any atom is -0.298 e. The van der Waals surface area contributed by atoms with Gasteiger partial charge in [0.25, 0.3) is 0 Å². The Bertz CT molecular complexity index is 346. The van der Waals surface area contributed by atoms with E-state index in [4.69, 9.17) is 0 Å². The molecule has 0 bridgehead atoms. The van der Waals surface area contributed by atoms with Gasteiger partial charge in [-0.3, -0.25) is 9.59 Å². The maximum Gasteiger partial charge on any atom is 0.159 e. The third-order valence-electron chi connectivity index (χ3n) is 1.86. The number of carbonyl (C=O) groups excluding carboxylic acids is 2. The molecule has 0 heterocycles. The van der Waals surface area contributed by atoms with Gasteiger partial charge >= 0.3 is 0 Å². The van der Waals surface area contributed by atoms with Gasteiger partial charge < -0.3 is 0 Å². The molecule has 13 heavy (non-hydrogen) atoms. The zero-order valence-corrected chi connectivity index (χ0v) is 7.43. The number of aldehydes is 1. The summed E-state index contributed by atoms with van der Waals surface area (Å²) in [6, 6.07) is 2.59. The maximum absolute atomic E-state index is 13.1. The summed E-state index contributed by atoms with van der Waals surface area (Å²) in [5.41, 5.74) is 0.797. The van der Waals surface area contributed by atoms with Gasteiger partial charge in [-0.1, -0.05) is 0 Å². The second-order valence-corrected chi connectivity index (χ2v) is 2.86. The van der Waals surface area contributed by atoms with Gasteiger partial charge in [0.05, 0.1) is 5.56 Å². The van der Waals surface area contributed by atoms with Crippen molar-refractivity contribution in [3.8, 4) is 0 Å². The largest absolute Gasteiger partial charge is 0.298 e. The Labute approximate surface area is 75.4 Å². The van der Waals surface area contributed by atoms with E-state index in [0.717, 1.165) is 6.07 Å². The summed E-state index contributed by atoms with van der Waals surface area (Å²) in [7, 11) is 0. The van der Waals surface area contributed by atoms with Crippen LogP contribution in [-0.4, -0.2) is 12.1 Å². The van der Waals surface area contributed by atoms with Crippen molar-refractivity contribution in [3.05, 3.63) is 34.6 Å². The number of Topliss-reactive ketones (excluding diaryl/α,β-unsaturated/α-hetero) is 1. The van der Waals surface area contributed by atoms with Crippen LogP contribution in [0.2, 0.25) is 0 Å². The van der Waals surface area contributed by atoms with Crippen molar-refractivity contribution in [1.29, 1.82) is 0 Å². The minimum atomic E-state index is -0.639. The summed E-state index contributed by atoms with van der Waals surface area (Å²) in [5, 5.41) is 0. The van der Waals surface area contributed by atoms with Crippen molar-refractivity contribution in [2.45, 2.75) is 13.8 Å². The Balaban J connectivity index is 3.36. The van der Waals surface area contributed by atoms with Crippen LogP contribution in [0, 0.1) is 12.7 Å². The van der Waals surface area contributed by atoms with Crippen LogP contribution in [-0.2, 0) is 0 Å². The Hall–Kier alpha value is -1.51. The number of hydrogen-bond acceptors (Lipinski definition) is 2. The monoisotopic (exact) mass is 180 g/mol. The summed E-state index contributed by atoms with van der Waals surface area (Å²) in [6.45, 7) is 2.95. The number of aryl methyl sites for hydroxylation is 1. The highest BCUT2D eigenvalue weighted by Crippen LogP contribution is 2.14. The van der Waals surface area contributed by atoms with E-state index in [-0.39, 0.29) is 11.3 Å². The molecule has 1 rings (SSSR count). The quantitative estimate of drug-likeness (QED) is 0.516. The van der Waals surface area contributed by atoms with Crippen LogP contribution in [0.5, 0.6) is 0 Å². The SMILES string of the molecule is CC(=O)c1cc(C)c(C=O)c(F)c1. The fourth-order valence-corrected chi connectivity index (χ4v) is 1.11. The lowest BCUT2D eigenvalue weighted by atomic mass is 10.0. The highest BCUT2D eigenvalue weighted by molar-refractivity contribution is 5.95. The molecule has 0 N–H and O–H groups in total. The van der Waals surface area contributed by atoms with Gasteiger partial charge in [-0.05, 0) is 31.5 Å². The van der Waals surface area contributed by atoms with E-state index in [9.17, 15) is 14.0 Å². The fourth-order valence-electron chi connectivity index (χ4n) is 1.11. The Morgan fingerprint density at radius 2 is 2.08 bits per heavy atom.